The lowest BCUT2D eigenvalue weighted by Crippen LogP contribution is -2.02. The number of para-hydroxylation sites is 1. The van der Waals surface area contributed by atoms with E-state index in [0.29, 0.717) is 0 Å². The fraction of sp³-hybridized carbons (Fsp3) is 0.190. The van der Waals surface area contributed by atoms with Crippen LogP contribution >= 0.6 is 0 Å². The number of nitrogens with zero attached hydrogens (tertiary/aromatic N) is 2. The number of aryl methyl sites for hydroxylation is 4. The Bertz CT molecular complexity index is 1040. The highest BCUT2D eigenvalue weighted by atomic mass is 16.3. The summed E-state index contributed by atoms with van der Waals surface area (Å²) in [7, 11) is 0. The summed E-state index contributed by atoms with van der Waals surface area (Å²) in [6.45, 7) is 8.44. The van der Waals surface area contributed by atoms with Crippen LogP contribution in [0.25, 0.3) is 16.9 Å². The monoisotopic (exact) mass is 331 g/mol. The molecule has 4 aromatic rings. The topological polar surface area (TPSA) is 42.5 Å². The smallest absolute Gasteiger partial charge is 0.143 e. The summed E-state index contributed by atoms with van der Waals surface area (Å²) < 4.78 is 7.46. The van der Waals surface area contributed by atoms with E-state index in [1.807, 2.05) is 6.07 Å². The SMILES string of the molecule is Cc1cc(C)n2c(Nc3c(C)cccc3C)c(-c3ccoc3)nc2c1. The van der Waals surface area contributed by atoms with Gasteiger partial charge in [-0.15, -0.1) is 0 Å². The van der Waals surface area contributed by atoms with Crippen molar-refractivity contribution in [3.05, 3.63) is 71.3 Å². The predicted molar refractivity (Wildman–Crippen MR) is 102 cm³/mol. The van der Waals surface area contributed by atoms with Crippen LogP contribution in [0.2, 0.25) is 0 Å². The maximum absolute atomic E-state index is 5.29. The van der Waals surface area contributed by atoms with Gasteiger partial charge in [-0.3, -0.25) is 4.40 Å². The molecule has 0 radical (unpaired) electrons. The van der Waals surface area contributed by atoms with Crippen molar-refractivity contribution in [3.63, 3.8) is 0 Å². The fourth-order valence-electron chi connectivity index (χ4n) is 3.38. The number of pyridine rings is 1. The minimum atomic E-state index is 0.894. The highest BCUT2D eigenvalue weighted by Crippen LogP contribution is 2.34. The number of nitrogens with one attached hydrogen (secondary N) is 1. The largest absolute Gasteiger partial charge is 0.472 e. The summed E-state index contributed by atoms with van der Waals surface area (Å²) >= 11 is 0. The van der Waals surface area contributed by atoms with Crippen LogP contribution in [0.3, 0.4) is 0 Å². The minimum absolute atomic E-state index is 0.894. The van der Waals surface area contributed by atoms with Crippen LogP contribution < -0.4 is 5.32 Å². The minimum Gasteiger partial charge on any atom is -0.472 e. The predicted octanol–water partition coefficient (Wildman–Crippen LogP) is 5.57. The first kappa shape index (κ1) is 15.5. The second kappa shape index (κ2) is 5.81. The first-order valence-corrected chi connectivity index (χ1v) is 8.40. The quantitative estimate of drug-likeness (QED) is 0.533. The molecule has 0 fully saturated rings. The molecular weight excluding hydrogens is 310 g/mol. The third-order valence-corrected chi connectivity index (χ3v) is 4.57. The molecule has 1 aromatic carbocycles. The van der Waals surface area contributed by atoms with Crippen molar-refractivity contribution in [1.29, 1.82) is 0 Å². The van der Waals surface area contributed by atoms with Crippen molar-refractivity contribution in [1.82, 2.24) is 9.38 Å². The Morgan fingerprint density at radius 2 is 1.76 bits per heavy atom. The van der Waals surface area contributed by atoms with E-state index in [1.165, 1.54) is 16.7 Å². The van der Waals surface area contributed by atoms with E-state index < -0.39 is 0 Å². The van der Waals surface area contributed by atoms with Gasteiger partial charge in [-0.2, -0.15) is 0 Å². The molecule has 0 aliphatic rings. The molecule has 126 valence electrons. The second-order valence-electron chi connectivity index (χ2n) is 6.58. The first-order valence-electron chi connectivity index (χ1n) is 8.40. The number of anilines is 2. The Labute approximate surface area is 147 Å². The molecular formula is C21H21N3O. The van der Waals surface area contributed by atoms with Crippen LogP contribution in [0, 0.1) is 27.7 Å². The van der Waals surface area contributed by atoms with Crippen molar-refractivity contribution >= 4 is 17.2 Å². The molecule has 0 aliphatic heterocycles. The number of hydrogen-bond acceptors (Lipinski definition) is 3. The number of hydrogen-bond donors (Lipinski definition) is 1. The van der Waals surface area contributed by atoms with Crippen molar-refractivity contribution in [2.45, 2.75) is 27.7 Å². The van der Waals surface area contributed by atoms with Gasteiger partial charge in [0.25, 0.3) is 0 Å². The Balaban J connectivity index is 1.99. The van der Waals surface area contributed by atoms with Gasteiger partial charge in [0.05, 0.1) is 12.5 Å². The van der Waals surface area contributed by atoms with Gasteiger partial charge in [-0.25, -0.2) is 4.98 Å². The number of aromatic nitrogens is 2. The number of benzene rings is 1. The average Bonchev–Trinajstić information content (AvgIpc) is 3.18. The maximum atomic E-state index is 5.29. The Morgan fingerprint density at radius 1 is 1.00 bits per heavy atom. The summed E-state index contributed by atoms with van der Waals surface area (Å²) in [5.74, 6) is 0.964. The van der Waals surface area contributed by atoms with E-state index >= 15 is 0 Å². The lowest BCUT2D eigenvalue weighted by Gasteiger charge is -2.15. The van der Waals surface area contributed by atoms with Crippen LogP contribution in [0.1, 0.15) is 22.4 Å². The Kier molecular flexibility index (Phi) is 3.61. The maximum Gasteiger partial charge on any atom is 0.143 e. The van der Waals surface area contributed by atoms with Gasteiger partial charge in [-0.1, -0.05) is 18.2 Å². The summed E-state index contributed by atoms with van der Waals surface area (Å²) in [4.78, 5) is 4.87. The molecule has 0 saturated carbocycles. The van der Waals surface area contributed by atoms with Gasteiger partial charge >= 0.3 is 0 Å². The molecule has 0 bridgehead atoms. The van der Waals surface area contributed by atoms with Crippen molar-refractivity contribution < 1.29 is 4.42 Å². The molecule has 0 saturated heterocycles. The summed E-state index contributed by atoms with van der Waals surface area (Å²) in [6.07, 6.45) is 3.42. The third kappa shape index (κ3) is 2.60. The van der Waals surface area contributed by atoms with Crippen LogP contribution in [-0.2, 0) is 0 Å². The number of fused-ring (bicyclic) bond motifs is 1. The molecule has 1 N–H and O–H groups in total. The van der Waals surface area contributed by atoms with Gasteiger partial charge in [0.1, 0.15) is 17.2 Å². The Morgan fingerprint density at radius 3 is 2.44 bits per heavy atom. The normalized spacial score (nSPS) is 11.2. The second-order valence-corrected chi connectivity index (χ2v) is 6.58. The van der Waals surface area contributed by atoms with Gasteiger partial charge in [0.2, 0.25) is 0 Å². The van der Waals surface area contributed by atoms with Crippen LogP contribution in [0.15, 0.2) is 53.3 Å². The lowest BCUT2D eigenvalue weighted by molar-refractivity contribution is 0.568. The summed E-state index contributed by atoms with van der Waals surface area (Å²) in [5, 5.41) is 3.64. The average molecular weight is 331 g/mol. The zero-order chi connectivity index (χ0) is 17.6. The first-order chi connectivity index (χ1) is 12.0. The number of furan rings is 1. The van der Waals surface area contributed by atoms with Crippen LogP contribution in [0.5, 0.6) is 0 Å². The van der Waals surface area contributed by atoms with Crippen LogP contribution in [0.4, 0.5) is 11.5 Å². The lowest BCUT2D eigenvalue weighted by atomic mass is 10.1. The van der Waals surface area contributed by atoms with Crippen molar-refractivity contribution in [3.8, 4) is 11.3 Å². The molecule has 0 atom stereocenters. The Hall–Kier alpha value is -3.01. The molecule has 0 unspecified atom stereocenters. The van der Waals surface area contributed by atoms with Crippen molar-refractivity contribution in [2.24, 2.45) is 0 Å². The van der Waals surface area contributed by atoms with E-state index in [0.717, 1.165) is 34.1 Å². The van der Waals surface area contributed by atoms with Gasteiger partial charge in [-0.05, 0) is 62.6 Å². The molecule has 4 rings (SSSR count). The van der Waals surface area contributed by atoms with E-state index in [9.17, 15) is 0 Å². The number of imidazole rings is 1. The van der Waals surface area contributed by atoms with E-state index in [4.69, 9.17) is 9.40 Å². The van der Waals surface area contributed by atoms with E-state index in [1.54, 1.807) is 12.5 Å². The molecule has 0 amide bonds. The molecule has 0 aliphatic carbocycles. The van der Waals surface area contributed by atoms with Crippen LogP contribution in [-0.4, -0.2) is 9.38 Å². The van der Waals surface area contributed by atoms with E-state index in [-0.39, 0.29) is 0 Å². The standard InChI is InChI=1S/C21H21N3O/c1-13-10-16(4)24-18(11-13)22-20(17-8-9-25-12-17)21(24)23-19-14(2)6-5-7-15(19)3/h5-12,23H,1-4H3. The zero-order valence-electron chi connectivity index (χ0n) is 14.9. The number of rotatable bonds is 3. The van der Waals surface area contributed by atoms with Gasteiger partial charge < -0.3 is 9.73 Å². The highest BCUT2D eigenvalue weighted by Gasteiger charge is 2.18. The summed E-state index contributed by atoms with van der Waals surface area (Å²) in [6, 6.07) is 12.5. The molecule has 0 spiro atoms. The highest BCUT2D eigenvalue weighted by molar-refractivity contribution is 5.81. The third-order valence-electron chi connectivity index (χ3n) is 4.57. The molecule has 3 aromatic heterocycles. The van der Waals surface area contributed by atoms with E-state index in [2.05, 4.69) is 67.7 Å². The van der Waals surface area contributed by atoms with Gasteiger partial charge in [0.15, 0.2) is 0 Å². The zero-order valence-corrected chi connectivity index (χ0v) is 14.9. The van der Waals surface area contributed by atoms with Crippen molar-refractivity contribution in [2.75, 3.05) is 5.32 Å². The molecule has 25 heavy (non-hydrogen) atoms. The fourth-order valence-corrected chi connectivity index (χ4v) is 3.38. The summed E-state index contributed by atoms with van der Waals surface area (Å²) in [5.41, 5.74) is 8.67. The molecule has 3 heterocycles. The van der Waals surface area contributed by atoms with Gasteiger partial charge in [0, 0.05) is 16.9 Å². The molecule has 4 heteroatoms. The molecule has 4 nitrogen and oxygen atoms in total.